The summed E-state index contributed by atoms with van der Waals surface area (Å²) in [5.41, 5.74) is 2.36. The van der Waals surface area contributed by atoms with E-state index in [2.05, 4.69) is 0 Å². The minimum atomic E-state index is -0.863. The molecule has 7 nitrogen and oxygen atoms in total. The van der Waals surface area contributed by atoms with Gasteiger partial charge in [-0.1, -0.05) is 35.9 Å². The Balaban J connectivity index is 1.89. The molecule has 0 bridgehead atoms. The zero-order valence-electron chi connectivity index (χ0n) is 21.9. The number of Topliss-reactive ketones (excluding diaryl/α,β-unsaturated/α-hetero) is 1. The number of nitrogens with zero attached hydrogens (tertiary/aromatic N) is 1. The molecule has 198 valence electrons. The predicted octanol–water partition coefficient (Wildman–Crippen LogP) is 6.07. The molecular weight excluding hydrogens is 506 g/mol. The van der Waals surface area contributed by atoms with Gasteiger partial charge in [0.1, 0.15) is 23.0 Å². The second kappa shape index (κ2) is 11.2. The van der Waals surface area contributed by atoms with Gasteiger partial charge in [-0.2, -0.15) is 0 Å². The maximum atomic E-state index is 13.5. The maximum absolute atomic E-state index is 13.5. The molecule has 1 N–H and O–H groups in total. The number of carbonyl (C=O) groups is 2. The van der Waals surface area contributed by atoms with E-state index in [0.29, 0.717) is 17.1 Å². The molecule has 1 unspecified atom stereocenters. The second-order valence-corrected chi connectivity index (χ2v) is 9.75. The minimum Gasteiger partial charge on any atom is -0.507 e. The maximum Gasteiger partial charge on any atom is 0.295 e. The largest absolute Gasteiger partial charge is 0.507 e. The first-order valence-electron chi connectivity index (χ1n) is 12.2. The Labute approximate surface area is 227 Å². The van der Waals surface area contributed by atoms with Gasteiger partial charge >= 0.3 is 0 Å². The number of halogens is 1. The number of aryl methyl sites for hydroxylation is 1. The van der Waals surface area contributed by atoms with Gasteiger partial charge in [0.2, 0.25) is 0 Å². The van der Waals surface area contributed by atoms with Gasteiger partial charge in [0.05, 0.1) is 42.5 Å². The highest BCUT2D eigenvalue weighted by Gasteiger charge is 2.46. The molecule has 1 fully saturated rings. The monoisotopic (exact) mass is 535 g/mol. The van der Waals surface area contributed by atoms with E-state index < -0.39 is 17.7 Å². The zero-order valence-corrected chi connectivity index (χ0v) is 22.7. The molecule has 1 atom stereocenters. The Morgan fingerprint density at radius 3 is 2.34 bits per heavy atom. The summed E-state index contributed by atoms with van der Waals surface area (Å²) in [4.78, 5) is 28.3. The Bertz CT molecular complexity index is 1400. The van der Waals surface area contributed by atoms with Crippen LogP contribution in [0, 0.1) is 6.92 Å². The van der Waals surface area contributed by atoms with Crippen molar-refractivity contribution in [1.82, 2.24) is 4.90 Å². The molecule has 1 heterocycles. The van der Waals surface area contributed by atoms with Crippen LogP contribution in [-0.2, 0) is 16.1 Å². The lowest BCUT2D eigenvalue weighted by Crippen LogP contribution is -2.29. The predicted molar refractivity (Wildman–Crippen MR) is 146 cm³/mol. The SMILES string of the molecule is COc1cccc(CN2C(=O)C(=O)/C(=C(/O)c3cc(C)cc(Cl)c3OC)C2c2ccc(OC(C)C)cc2)c1. The van der Waals surface area contributed by atoms with Crippen LogP contribution >= 0.6 is 11.6 Å². The number of ketones is 1. The van der Waals surface area contributed by atoms with Crippen molar-refractivity contribution in [2.24, 2.45) is 0 Å². The normalized spacial score (nSPS) is 16.7. The number of amides is 1. The van der Waals surface area contributed by atoms with Crippen molar-refractivity contribution in [2.75, 3.05) is 14.2 Å². The van der Waals surface area contributed by atoms with Gasteiger partial charge in [-0.3, -0.25) is 9.59 Å². The van der Waals surface area contributed by atoms with Gasteiger partial charge in [-0.25, -0.2) is 0 Å². The molecule has 1 aliphatic rings. The summed E-state index contributed by atoms with van der Waals surface area (Å²) in [5, 5.41) is 11.8. The lowest BCUT2D eigenvalue weighted by atomic mass is 9.94. The van der Waals surface area contributed by atoms with Gasteiger partial charge in [-0.05, 0) is 73.9 Å². The van der Waals surface area contributed by atoms with Crippen LogP contribution < -0.4 is 14.2 Å². The molecule has 0 spiro atoms. The van der Waals surface area contributed by atoms with Gasteiger partial charge in [0, 0.05) is 6.54 Å². The number of aliphatic hydroxyl groups excluding tert-OH is 1. The number of hydrogen-bond donors (Lipinski definition) is 1. The quantitative estimate of drug-likeness (QED) is 0.214. The van der Waals surface area contributed by atoms with E-state index in [0.717, 1.165) is 11.1 Å². The summed E-state index contributed by atoms with van der Waals surface area (Å²) in [6.07, 6.45) is -0.0157. The summed E-state index contributed by atoms with van der Waals surface area (Å²) in [6, 6.07) is 16.9. The number of likely N-dealkylation sites (tertiary alicyclic amines) is 1. The number of benzene rings is 3. The van der Waals surface area contributed by atoms with Crippen molar-refractivity contribution < 1.29 is 28.9 Å². The molecule has 4 rings (SSSR count). The summed E-state index contributed by atoms with van der Waals surface area (Å²) in [7, 11) is 2.99. The molecule has 1 amide bonds. The van der Waals surface area contributed by atoms with Crippen molar-refractivity contribution in [1.29, 1.82) is 0 Å². The Hall–Kier alpha value is -3.97. The summed E-state index contributed by atoms with van der Waals surface area (Å²) < 4.78 is 16.5. The molecule has 3 aromatic carbocycles. The van der Waals surface area contributed by atoms with Gasteiger partial charge in [0.25, 0.3) is 11.7 Å². The molecule has 1 saturated heterocycles. The smallest absolute Gasteiger partial charge is 0.295 e. The zero-order chi connectivity index (χ0) is 27.6. The number of rotatable bonds is 8. The van der Waals surface area contributed by atoms with E-state index in [9.17, 15) is 14.7 Å². The Morgan fingerprint density at radius 1 is 1.00 bits per heavy atom. The first kappa shape index (κ1) is 27.1. The number of hydrogen-bond acceptors (Lipinski definition) is 6. The number of ether oxygens (including phenoxy) is 3. The van der Waals surface area contributed by atoms with E-state index >= 15 is 0 Å². The van der Waals surface area contributed by atoms with Gasteiger partial charge in [0.15, 0.2) is 0 Å². The van der Waals surface area contributed by atoms with Gasteiger partial charge < -0.3 is 24.2 Å². The summed E-state index contributed by atoms with van der Waals surface area (Å²) in [6.45, 7) is 5.79. The standard InChI is InChI=1S/C30H30ClNO6/c1-17(2)38-21-11-9-20(10-12-21)26-25(27(33)23-13-18(3)14-24(31)29(23)37-5)28(34)30(35)32(26)16-19-7-6-8-22(15-19)36-4/h6-15,17,26,33H,16H2,1-5H3/b27-25+. The average Bonchev–Trinajstić information content (AvgIpc) is 3.13. The molecule has 0 radical (unpaired) electrons. The van der Waals surface area contributed by atoms with Crippen LogP contribution in [0.1, 0.15) is 42.1 Å². The van der Waals surface area contributed by atoms with E-state index in [1.807, 2.05) is 32.9 Å². The molecule has 0 aromatic heterocycles. The van der Waals surface area contributed by atoms with E-state index in [4.69, 9.17) is 25.8 Å². The topological polar surface area (TPSA) is 85.3 Å². The highest BCUT2D eigenvalue weighted by atomic mass is 35.5. The third kappa shape index (κ3) is 5.34. The van der Waals surface area contributed by atoms with Crippen molar-refractivity contribution in [3.8, 4) is 17.2 Å². The first-order valence-corrected chi connectivity index (χ1v) is 12.5. The molecule has 0 saturated carbocycles. The minimum absolute atomic E-state index is 0.0157. The molecule has 1 aliphatic heterocycles. The number of aliphatic hydroxyl groups is 1. The highest BCUT2D eigenvalue weighted by molar-refractivity contribution is 6.46. The third-order valence-electron chi connectivity index (χ3n) is 6.24. The molecule has 0 aliphatic carbocycles. The lowest BCUT2D eigenvalue weighted by Gasteiger charge is -2.26. The van der Waals surface area contributed by atoms with E-state index in [1.54, 1.807) is 55.6 Å². The number of carbonyl (C=O) groups excluding carboxylic acids is 2. The fourth-order valence-corrected chi connectivity index (χ4v) is 4.97. The Kier molecular flexibility index (Phi) is 7.97. The third-order valence-corrected chi connectivity index (χ3v) is 6.52. The molecule has 3 aromatic rings. The van der Waals surface area contributed by atoms with Crippen LogP contribution in [0.25, 0.3) is 5.76 Å². The summed E-state index contributed by atoms with van der Waals surface area (Å²) in [5.74, 6) is -0.373. The lowest BCUT2D eigenvalue weighted by molar-refractivity contribution is -0.140. The first-order chi connectivity index (χ1) is 18.1. The molecule has 38 heavy (non-hydrogen) atoms. The second-order valence-electron chi connectivity index (χ2n) is 9.34. The van der Waals surface area contributed by atoms with Crippen LogP contribution in [-0.4, -0.2) is 42.0 Å². The summed E-state index contributed by atoms with van der Waals surface area (Å²) >= 11 is 6.38. The van der Waals surface area contributed by atoms with Crippen molar-refractivity contribution >= 4 is 29.1 Å². The van der Waals surface area contributed by atoms with Crippen LogP contribution in [0.15, 0.2) is 66.2 Å². The fraction of sp³-hybridized carbons (Fsp3) is 0.267. The van der Waals surface area contributed by atoms with Crippen molar-refractivity contribution in [3.05, 3.63) is 93.5 Å². The average molecular weight is 536 g/mol. The van der Waals surface area contributed by atoms with Crippen LogP contribution in [0.3, 0.4) is 0 Å². The van der Waals surface area contributed by atoms with Crippen molar-refractivity contribution in [2.45, 2.75) is 39.5 Å². The van der Waals surface area contributed by atoms with Crippen LogP contribution in [0.4, 0.5) is 0 Å². The van der Waals surface area contributed by atoms with E-state index in [1.165, 1.54) is 12.0 Å². The number of methoxy groups -OCH3 is 2. The molecular formula is C30H30ClNO6. The van der Waals surface area contributed by atoms with Crippen LogP contribution in [0.2, 0.25) is 5.02 Å². The highest BCUT2D eigenvalue weighted by Crippen LogP contribution is 2.43. The fourth-order valence-electron chi connectivity index (χ4n) is 4.62. The van der Waals surface area contributed by atoms with Gasteiger partial charge in [-0.15, -0.1) is 0 Å². The van der Waals surface area contributed by atoms with E-state index in [-0.39, 0.29) is 40.3 Å². The van der Waals surface area contributed by atoms with Crippen LogP contribution in [0.5, 0.6) is 17.2 Å². The van der Waals surface area contributed by atoms with Crippen molar-refractivity contribution in [3.63, 3.8) is 0 Å². The molecule has 8 heteroatoms. The Morgan fingerprint density at radius 2 is 1.71 bits per heavy atom.